The summed E-state index contributed by atoms with van der Waals surface area (Å²) in [6, 6.07) is 6.83. The molecule has 2 rings (SSSR count). The lowest BCUT2D eigenvalue weighted by molar-refractivity contribution is -0.154. The van der Waals surface area contributed by atoms with Crippen LogP contribution in [0, 0.1) is 11.3 Å². The molecule has 0 saturated carbocycles. The van der Waals surface area contributed by atoms with Gasteiger partial charge < -0.3 is 30.4 Å². The Morgan fingerprint density at radius 3 is 2.70 bits per heavy atom. The normalized spacial score (nSPS) is 22.4. The number of alkyl carbamates (subject to hydrolysis) is 1. The highest BCUT2D eigenvalue weighted by molar-refractivity contribution is 7.99. The highest BCUT2D eigenvalue weighted by Crippen LogP contribution is 2.31. The predicted molar refractivity (Wildman–Crippen MR) is 133 cm³/mol. The van der Waals surface area contributed by atoms with Gasteiger partial charge in [-0.25, -0.2) is 9.59 Å². The number of hydrogen-bond acceptors (Lipinski definition) is 10. The number of ether oxygens (including phenoxy) is 3. The summed E-state index contributed by atoms with van der Waals surface area (Å²) < 4.78 is 16.4. The van der Waals surface area contributed by atoms with Crippen LogP contribution in [0.1, 0.15) is 18.4 Å². The van der Waals surface area contributed by atoms with Gasteiger partial charge in [-0.2, -0.15) is 5.26 Å². The smallest absolute Gasteiger partial charge is 0.412 e. The number of carbonyl (C=O) groups is 3. The molecule has 1 saturated heterocycles. The van der Waals surface area contributed by atoms with E-state index < -0.39 is 47.9 Å². The Kier molecular flexibility index (Phi) is 12.0. The number of aliphatic hydroxyl groups excluding tert-OH is 1. The number of nitrogens with two attached hydrogens (primary N) is 1. The molecule has 0 radical (unpaired) electrons. The number of thioether (sulfide) groups is 1. The summed E-state index contributed by atoms with van der Waals surface area (Å²) in [5.41, 5.74) is 13.7. The molecule has 1 aromatic carbocycles. The molecule has 15 heteroatoms. The summed E-state index contributed by atoms with van der Waals surface area (Å²) in [6.45, 7) is 3.10. The number of nitrogens with one attached hydrogen (secondary N) is 2. The Balaban J connectivity index is 2.26. The molecule has 0 unspecified atom stereocenters. The molecule has 0 aromatic heterocycles. The largest absolute Gasteiger partial charge is 0.445 e. The molecule has 0 aliphatic carbocycles. The fourth-order valence-corrected chi connectivity index (χ4v) is 4.47. The van der Waals surface area contributed by atoms with Crippen LogP contribution in [0.4, 0.5) is 15.3 Å². The van der Waals surface area contributed by atoms with E-state index in [-0.39, 0.29) is 19.6 Å². The maximum Gasteiger partial charge on any atom is 0.412 e. The van der Waals surface area contributed by atoms with Crippen molar-refractivity contribution in [2.45, 2.75) is 42.6 Å². The zero-order valence-corrected chi connectivity index (χ0v) is 20.5. The second-order valence-electron chi connectivity index (χ2n) is 7.63. The van der Waals surface area contributed by atoms with Gasteiger partial charge in [-0.05, 0) is 42.0 Å². The number of nitrogens with zero attached hydrogens (tertiary/aromatic N) is 4. The van der Waals surface area contributed by atoms with Crippen molar-refractivity contribution >= 4 is 35.5 Å². The van der Waals surface area contributed by atoms with E-state index in [0.717, 1.165) is 0 Å². The van der Waals surface area contributed by atoms with Crippen molar-refractivity contribution in [1.82, 2.24) is 5.32 Å². The number of azide groups is 1. The minimum atomic E-state index is -1.50. The third-order valence-electron chi connectivity index (χ3n) is 4.97. The SMILES string of the molecule is C=CCOC(=O)N[C@@H]1[C@@H](OC(=O)Nc2ccc(C#N)cc2)[C@@H](O)[C@@H](CN=[N+]=[N-])O[C@@H]1SCCCC(N)=O. The second kappa shape index (κ2) is 15.2. The van der Waals surface area contributed by atoms with Gasteiger partial charge >= 0.3 is 12.2 Å². The Hall–Kier alpha value is -3.96. The maximum atomic E-state index is 12.7. The van der Waals surface area contributed by atoms with Crippen LogP contribution in [-0.2, 0) is 19.0 Å². The number of aliphatic hydroxyl groups is 1. The number of nitriles is 1. The average Bonchev–Trinajstić information content (AvgIpc) is 2.88. The summed E-state index contributed by atoms with van der Waals surface area (Å²) in [5.74, 6) is -0.104. The van der Waals surface area contributed by atoms with Gasteiger partial charge in [0, 0.05) is 17.0 Å². The molecule has 0 spiro atoms. The van der Waals surface area contributed by atoms with Crippen LogP contribution in [-0.4, -0.2) is 71.9 Å². The first kappa shape index (κ1) is 29.3. The average molecular weight is 534 g/mol. The van der Waals surface area contributed by atoms with Gasteiger partial charge in [0.2, 0.25) is 5.91 Å². The van der Waals surface area contributed by atoms with Crippen LogP contribution in [0.15, 0.2) is 42.0 Å². The second-order valence-corrected chi connectivity index (χ2v) is 8.84. The van der Waals surface area contributed by atoms with Crippen molar-refractivity contribution < 1.29 is 33.7 Å². The number of primary amides is 1. The number of rotatable bonds is 12. The van der Waals surface area contributed by atoms with E-state index in [1.807, 2.05) is 6.07 Å². The first-order valence-electron chi connectivity index (χ1n) is 11.0. The van der Waals surface area contributed by atoms with Gasteiger partial charge in [-0.1, -0.05) is 17.8 Å². The summed E-state index contributed by atoms with van der Waals surface area (Å²) in [4.78, 5) is 38.8. The number of carbonyl (C=O) groups excluding carboxylic acids is 3. The molecule has 37 heavy (non-hydrogen) atoms. The van der Waals surface area contributed by atoms with E-state index >= 15 is 0 Å². The molecular formula is C22H27N7O7S. The Morgan fingerprint density at radius 2 is 2.08 bits per heavy atom. The molecule has 5 N–H and O–H groups in total. The maximum absolute atomic E-state index is 12.7. The van der Waals surface area contributed by atoms with Gasteiger partial charge in [0.05, 0.1) is 24.3 Å². The summed E-state index contributed by atoms with van der Waals surface area (Å²) in [6.07, 6.45) is -3.87. The van der Waals surface area contributed by atoms with E-state index in [1.165, 1.54) is 42.1 Å². The zero-order chi connectivity index (χ0) is 27.2. The van der Waals surface area contributed by atoms with Crippen LogP contribution < -0.4 is 16.4 Å². The van der Waals surface area contributed by atoms with Crippen LogP contribution in [0.25, 0.3) is 10.4 Å². The molecule has 0 bridgehead atoms. The van der Waals surface area contributed by atoms with E-state index in [2.05, 4.69) is 27.2 Å². The lowest BCUT2D eigenvalue weighted by atomic mass is 9.97. The van der Waals surface area contributed by atoms with E-state index in [4.69, 9.17) is 30.7 Å². The lowest BCUT2D eigenvalue weighted by Crippen LogP contribution is -2.64. The minimum Gasteiger partial charge on any atom is -0.445 e. The highest BCUT2D eigenvalue weighted by Gasteiger charge is 2.48. The number of benzene rings is 1. The van der Waals surface area contributed by atoms with Crippen molar-refractivity contribution in [3.05, 3.63) is 52.9 Å². The Bertz CT molecular complexity index is 1040. The van der Waals surface area contributed by atoms with Gasteiger partial charge in [0.25, 0.3) is 0 Å². The first-order valence-corrected chi connectivity index (χ1v) is 12.1. The van der Waals surface area contributed by atoms with Crippen LogP contribution in [0.5, 0.6) is 0 Å². The topological polar surface area (TPSA) is 222 Å². The van der Waals surface area contributed by atoms with E-state index in [9.17, 15) is 19.5 Å². The molecule has 1 heterocycles. The van der Waals surface area contributed by atoms with Crippen molar-refractivity contribution in [3.8, 4) is 6.07 Å². The Morgan fingerprint density at radius 1 is 1.35 bits per heavy atom. The molecule has 3 amide bonds. The summed E-state index contributed by atoms with van der Waals surface area (Å²) in [5, 5.41) is 28.3. The molecule has 1 aromatic rings. The minimum absolute atomic E-state index is 0.0946. The van der Waals surface area contributed by atoms with Crippen LogP contribution in [0.3, 0.4) is 0 Å². The van der Waals surface area contributed by atoms with E-state index in [1.54, 1.807) is 0 Å². The van der Waals surface area contributed by atoms with Crippen molar-refractivity contribution in [2.75, 3.05) is 24.2 Å². The molecule has 1 aliphatic rings. The fourth-order valence-electron chi connectivity index (χ4n) is 3.28. The molecule has 1 fully saturated rings. The van der Waals surface area contributed by atoms with Crippen LogP contribution >= 0.6 is 11.8 Å². The molecule has 5 atom stereocenters. The molecular weight excluding hydrogens is 506 g/mol. The summed E-state index contributed by atoms with van der Waals surface area (Å²) in [7, 11) is 0. The monoisotopic (exact) mass is 533 g/mol. The zero-order valence-electron chi connectivity index (χ0n) is 19.7. The molecule has 198 valence electrons. The third kappa shape index (κ3) is 9.54. The summed E-state index contributed by atoms with van der Waals surface area (Å²) >= 11 is 1.18. The van der Waals surface area contributed by atoms with Gasteiger partial charge in [0.15, 0.2) is 6.10 Å². The quantitative estimate of drug-likeness (QED) is 0.101. The number of amides is 3. The van der Waals surface area contributed by atoms with Gasteiger partial charge in [0.1, 0.15) is 24.2 Å². The van der Waals surface area contributed by atoms with Gasteiger partial charge in [-0.15, -0.1) is 11.8 Å². The van der Waals surface area contributed by atoms with E-state index in [0.29, 0.717) is 23.4 Å². The fraction of sp³-hybridized carbons (Fsp3) is 0.455. The van der Waals surface area contributed by atoms with Crippen molar-refractivity contribution in [3.63, 3.8) is 0 Å². The lowest BCUT2D eigenvalue weighted by Gasteiger charge is -2.43. The van der Waals surface area contributed by atoms with Crippen molar-refractivity contribution in [2.24, 2.45) is 10.8 Å². The molecule has 1 aliphatic heterocycles. The van der Waals surface area contributed by atoms with Crippen LogP contribution in [0.2, 0.25) is 0 Å². The Labute approximate surface area is 216 Å². The highest BCUT2D eigenvalue weighted by atomic mass is 32.2. The van der Waals surface area contributed by atoms with Crippen molar-refractivity contribution in [1.29, 1.82) is 5.26 Å². The number of anilines is 1. The molecule has 14 nitrogen and oxygen atoms in total. The number of hydrogen-bond donors (Lipinski definition) is 4. The van der Waals surface area contributed by atoms with Gasteiger partial charge in [-0.3, -0.25) is 10.1 Å². The predicted octanol–water partition coefficient (Wildman–Crippen LogP) is 2.15. The third-order valence-corrected chi connectivity index (χ3v) is 6.23. The standard InChI is InChI=1S/C22H27N7O7S/c1-2-9-34-21(32)28-17-19(36-22(33)27-14-7-5-13(11-23)6-8-14)18(31)15(12-26-29-25)35-20(17)37-10-3-4-16(24)30/h2,5-8,15,17-20,31H,1,3-4,9-10,12H2,(H2,24,30)(H,27,33)(H,28,32)/t15-,17-,18+,19-,20-/m1/s1. The first-order chi connectivity index (χ1) is 17.8.